The van der Waals surface area contributed by atoms with Gasteiger partial charge in [0.1, 0.15) is 5.75 Å². The molecule has 0 bridgehead atoms. The van der Waals surface area contributed by atoms with Crippen molar-refractivity contribution >= 4 is 23.6 Å². The average Bonchev–Trinajstić information content (AvgIpc) is 3.32. The maximum Gasteiger partial charge on any atom is 0.219 e. The molecule has 2 unspecified atom stereocenters. The lowest BCUT2D eigenvalue weighted by atomic mass is 10.1. The lowest BCUT2D eigenvalue weighted by Crippen LogP contribution is -2.28. The molecule has 26 heavy (non-hydrogen) atoms. The molecule has 1 fully saturated rings. The van der Waals surface area contributed by atoms with Crippen LogP contribution in [0.25, 0.3) is 6.08 Å². The van der Waals surface area contributed by atoms with E-state index in [2.05, 4.69) is 23.3 Å². The number of ether oxygens (including phenoxy) is 1. The molecule has 3 atom stereocenters. The van der Waals surface area contributed by atoms with E-state index in [1.807, 2.05) is 37.3 Å². The van der Waals surface area contributed by atoms with Gasteiger partial charge in [-0.25, -0.2) is 4.98 Å². The van der Waals surface area contributed by atoms with Crippen molar-refractivity contribution in [3.8, 4) is 11.6 Å². The number of carbonyl (C=O) groups is 1. The maximum atomic E-state index is 11.0. The van der Waals surface area contributed by atoms with Gasteiger partial charge in [0.2, 0.25) is 11.8 Å². The summed E-state index contributed by atoms with van der Waals surface area (Å²) in [5.74, 6) is 2.42. The molecule has 1 aromatic carbocycles. The van der Waals surface area contributed by atoms with Gasteiger partial charge >= 0.3 is 0 Å². The minimum Gasteiger partial charge on any atom is -0.437 e. The van der Waals surface area contributed by atoms with E-state index >= 15 is 0 Å². The van der Waals surface area contributed by atoms with Crippen LogP contribution < -0.4 is 10.1 Å². The Labute approximate surface area is 159 Å². The van der Waals surface area contributed by atoms with Crippen molar-refractivity contribution < 1.29 is 9.53 Å². The van der Waals surface area contributed by atoms with Crippen LogP contribution >= 0.6 is 11.6 Å². The monoisotopic (exact) mass is 370 g/mol. The number of aromatic nitrogens is 1. The van der Waals surface area contributed by atoms with Gasteiger partial charge in [-0.3, -0.25) is 4.79 Å². The van der Waals surface area contributed by atoms with Crippen LogP contribution in [-0.2, 0) is 4.79 Å². The standard InChI is InChI=1S/C21H23ClN2O2/c1-13-10-18(13)17-7-8-20(19(22)11-17)26-21-9-6-16(12-23-21)5-4-14(2)24-15(3)25/h4-9,11-14,18H,10H2,1-3H3,(H,24,25)/b5-4+/t13?,14-,18?/m0/s1. The van der Waals surface area contributed by atoms with Gasteiger partial charge in [0.25, 0.3) is 0 Å². The molecule has 1 aliphatic carbocycles. The first kappa shape index (κ1) is 18.5. The van der Waals surface area contributed by atoms with Crippen molar-refractivity contribution in [3.63, 3.8) is 0 Å². The molecule has 0 radical (unpaired) electrons. The first-order valence-electron chi connectivity index (χ1n) is 8.81. The predicted molar refractivity (Wildman–Crippen MR) is 105 cm³/mol. The molecule has 1 N–H and O–H groups in total. The highest BCUT2D eigenvalue weighted by Gasteiger charge is 2.34. The highest BCUT2D eigenvalue weighted by Crippen LogP contribution is 2.48. The normalized spacial score (nSPS) is 20.0. The Morgan fingerprint density at radius 1 is 1.38 bits per heavy atom. The Morgan fingerprint density at radius 2 is 2.15 bits per heavy atom. The van der Waals surface area contributed by atoms with Crippen LogP contribution in [0.2, 0.25) is 5.02 Å². The van der Waals surface area contributed by atoms with Gasteiger partial charge in [-0.15, -0.1) is 0 Å². The summed E-state index contributed by atoms with van der Waals surface area (Å²) in [5.41, 5.74) is 2.20. The second-order valence-corrected chi connectivity index (χ2v) is 7.30. The van der Waals surface area contributed by atoms with Crippen LogP contribution in [0.5, 0.6) is 11.6 Å². The zero-order valence-electron chi connectivity index (χ0n) is 15.2. The highest BCUT2D eigenvalue weighted by atomic mass is 35.5. The second-order valence-electron chi connectivity index (χ2n) is 6.89. The number of rotatable bonds is 6. The van der Waals surface area contributed by atoms with E-state index in [0.717, 1.165) is 11.5 Å². The van der Waals surface area contributed by atoms with Crippen molar-refractivity contribution in [2.24, 2.45) is 5.92 Å². The predicted octanol–water partition coefficient (Wildman–Crippen LogP) is 5.19. The summed E-state index contributed by atoms with van der Waals surface area (Å²) in [6.07, 6.45) is 6.78. The van der Waals surface area contributed by atoms with Gasteiger partial charge in [0.15, 0.2) is 0 Å². The van der Waals surface area contributed by atoms with Gasteiger partial charge in [0, 0.05) is 25.2 Å². The molecule has 1 aromatic heterocycles. The Kier molecular flexibility index (Phi) is 5.62. The van der Waals surface area contributed by atoms with Crippen molar-refractivity contribution in [1.82, 2.24) is 10.3 Å². The molecular formula is C21H23ClN2O2. The number of pyridine rings is 1. The number of halogens is 1. The summed E-state index contributed by atoms with van der Waals surface area (Å²) < 4.78 is 5.80. The summed E-state index contributed by atoms with van der Waals surface area (Å²) in [5, 5.41) is 3.41. The minimum absolute atomic E-state index is 0.0325. The second kappa shape index (κ2) is 7.92. The van der Waals surface area contributed by atoms with Crippen molar-refractivity contribution in [3.05, 3.63) is 58.8 Å². The quantitative estimate of drug-likeness (QED) is 0.761. The first-order chi connectivity index (χ1) is 12.4. The van der Waals surface area contributed by atoms with E-state index in [1.165, 1.54) is 18.9 Å². The van der Waals surface area contributed by atoms with Crippen LogP contribution in [0.3, 0.4) is 0 Å². The van der Waals surface area contributed by atoms with Crippen LogP contribution in [0, 0.1) is 5.92 Å². The van der Waals surface area contributed by atoms with Gasteiger partial charge in [0.05, 0.1) is 5.02 Å². The summed E-state index contributed by atoms with van der Waals surface area (Å²) in [4.78, 5) is 15.3. The lowest BCUT2D eigenvalue weighted by molar-refractivity contribution is -0.119. The third kappa shape index (κ3) is 4.85. The largest absolute Gasteiger partial charge is 0.437 e. The Balaban J connectivity index is 1.62. The number of amides is 1. The van der Waals surface area contributed by atoms with E-state index in [9.17, 15) is 4.79 Å². The van der Waals surface area contributed by atoms with Gasteiger partial charge in [-0.2, -0.15) is 0 Å². The molecule has 3 rings (SSSR count). The molecule has 0 aliphatic heterocycles. The SMILES string of the molecule is CC(=O)N[C@@H](C)/C=C/c1ccc(Oc2ccc(C3CC3C)cc2Cl)nc1. The minimum atomic E-state index is -0.0527. The van der Waals surface area contributed by atoms with Crippen LogP contribution in [0.15, 0.2) is 42.6 Å². The molecule has 136 valence electrons. The van der Waals surface area contributed by atoms with E-state index in [1.54, 1.807) is 12.3 Å². The number of hydrogen-bond acceptors (Lipinski definition) is 3. The number of nitrogens with one attached hydrogen (secondary N) is 1. The van der Waals surface area contributed by atoms with E-state index in [-0.39, 0.29) is 11.9 Å². The molecule has 2 aromatic rings. The van der Waals surface area contributed by atoms with Crippen molar-refractivity contribution in [1.29, 1.82) is 0 Å². The fourth-order valence-electron chi connectivity index (χ4n) is 2.90. The maximum absolute atomic E-state index is 11.0. The van der Waals surface area contributed by atoms with Gasteiger partial charge in [-0.05, 0) is 54.5 Å². The smallest absolute Gasteiger partial charge is 0.219 e. The number of carbonyl (C=O) groups excluding carboxylic acids is 1. The summed E-state index contributed by atoms with van der Waals surface area (Å²) >= 11 is 6.36. The summed E-state index contributed by atoms with van der Waals surface area (Å²) in [6, 6.07) is 9.66. The van der Waals surface area contributed by atoms with Gasteiger partial charge < -0.3 is 10.1 Å². The van der Waals surface area contributed by atoms with E-state index < -0.39 is 0 Å². The number of hydrogen-bond donors (Lipinski definition) is 1. The zero-order valence-corrected chi connectivity index (χ0v) is 16.0. The van der Waals surface area contributed by atoms with E-state index in [0.29, 0.717) is 22.6 Å². The topological polar surface area (TPSA) is 51.2 Å². The number of nitrogens with zero attached hydrogens (tertiary/aromatic N) is 1. The van der Waals surface area contributed by atoms with Gasteiger partial charge in [-0.1, -0.05) is 36.7 Å². The lowest BCUT2D eigenvalue weighted by Gasteiger charge is -2.09. The third-order valence-electron chi connectivity index (χ3n) is 4.48. The molecule has 4 nitrogen and oxygen atoms in total. The third-order valence-corrected chi connectivity index (χ3v) is 4.77. The molecule has 1 heterocycles. The van der Waals surface area contributed by atoms with Crippen LogP contribution in [-0.4, -0.2) is 16.9 Å². The Bertz CT molecular complexity index is 817. The summed E-state index contributed by atoms with van der Waals surface area (Å²) in [7, 11) is 0. The molecule has 0 saturated heterocycles. The first-order valence-corrected chi connectivity index (χ1v) is 9.19. The highest BCUT2D eigenvalue weighted by molar-refractivity contribution is 6.32. The molecule has 0 spiro atoms. The molecule has 5 heteroatoms. The van der Waals surface area contributed by atoms with Crippen LogP contribution in [0.1, 0.15) is 44.2 Å². The zero-order chi connectivity index (χ0) is 18.7. The van der Waals surface area contributed by atoms with Crippen LogP contribution in [0.4, 0.5) is 0 Å². The molecule has 1 aliphatic rings. The van der Waals surface area contributed by atoms with Crippen molar-refractivity contribution in [2.45, 2.75) is 39.2 Å². The number of benzene rings is 1. The molecule has 1 saturated carbocycles. The van der Waals surface area contributed by atoms with Crippen molar-refractivity contribution in [2.75, 3.05) is 0 Å². The Hall–Kier alpha value is -2.33. The Morgan fingerprint density at radius 3 is 2.73 bits per heavy atom. The summed E-state index contributed by atoms with van der Waals surface area (Å²) in [6.45, 7) is 5.66. The molecular weight excluding hydrogens is 348 g/mol. The fraction of sp³-hybridized carbons (Fsp3) is 0.333. The fourth-order valence-corrected chi connectivity index (χ4v) is 3.13. The average molecular weight is 371 g/mol. The molecule has 1 amide bonds. The van der Waals surface area contributed by atoms with E-state index in [4.69, 9.17) is 16.3 Å².